The number of carboxylic acids is 1. The number of nitrogens with zero attached hydrogens (tertiary/aromatic N) is 1. The molecule has 0 unspecified atom stereocenters. The predicted molar refractivity (Wildman–Crippen MR) is 65.4 cm³/mol. The second-order valence-corrected chi connectivity index (χ2v) is 5.00. The van der Waals surface area contributed by atoms with Crippen LogP contribution in [-0.4, -0.2) is 16.0 Å². The number of halogens is 2. The normalized spacial score (nSPS) is 17.7. The van der Waals surface area contributed by atoms with Gasteiger partial charge in [0.2, 0.25) is 5.82 Å². The van der Waals surface area contributed by atoms with E-state index in [-0.39, 0.29) is 18.4 Å². The van der Waals surface area contributed by atoms with Crippen LogP contribution in [0.25, 0.3) is 0 Å². The molecule has 0 bridgehead atoms. The minimum Gasteiger partial charge on any atom is -0.481 e. The zero-order valence-electron chi connectivity index (χ0n) is 10.6. The average molecular weight is 285 g/mol. The largest absolute Gasteiger partial charge is 0.481 e. The van der Waals surface area contributed by atoms with Gasteiger partial charge >= 0.3 is 11.7 Å². The summed E-state index contributed by atoms with van der Waals surface area (Å²) in [4.78, 5) is 21.3. The van der Waals surface area contributed by atoms with Crippen LogP contribution in [-0.2, 0) is 10.2 Å². The standard InChI is InChI=1S/C13H13F2NO4/c14-9-6-8(7-10(11(9)15)16(19)20)13(12(17)18)4-2-1-3-5-13/h6-7H,1-5H2,(H,17,18). The summed E-state index contributed by atoms with van der Waals surface area (Å²) >= 11 is 0. The van der Waals surface area contributed by atoms with Crippen molar-refractivity contribution < 1.29 is 23.6 Å². The van der Waals surface area contributed by atoms with Crippen molar-refractivity contribution in [2.45, 2.75) is 37.5 Å². The molecule has 1 fully saturated rings. The summed E-state index contributed by atoms with van der Waals surface area (Å²) in [6.45, 7) is 0. The molecule has 0 aliphatic heterocycles. The van der Waals surface area contributed by atoms with Gasteiger partial charge < -0.3 is 5.11 Å². The van der Waals surface area contributed by atoms with E-state index < -0.39 is 33.6 Å². The maximum Gasteiger partial charge on any atom is 0.314 e. The van der Waals surface area contributed by atoms with Crippen molar-refractivity contribution >= 4 is 11.7 Å². The monoisotopic (exact) mass is 285 g/mol. The smallest absolute Gasteiger partial charge is 0.314 e. The zero-order valence-corrected chi connectivity index (χ0v) is 10.6. The number of benzene rings is 1. The molecule has 0 amide bonds. The summed E-state index contributed by atoms with van der Waals surface area (Å²) in [5.74, 6) is -4.10. The van der Waals surface area contributed by atoms with Crippen molar-refractivity contribution in [2.24, 2.45) is 0 Å². The lowest BCUT2D eigenvalue weighted by Crippen LogP contribution is -2.38. The second kappa shape index (κ2) is 5.15. The summed E-state index contributed by atoms with van der Waals surface area (Å²) in [6.07, 6.45) is 2.67. The molecule has 20 heavy (non-hydrogen) atoms. The number of nitro groups is 1. The highest BCUT2D eigenvalue weighted by atomic mass is 19.2. The summed E-state index contributed by atoms with van der Waals surface area (Å²) < 4.78 is 26.9. The first-order valence-electron chi connectivity index (χ1n) is 6.26. The number of carboxylic acid groups (broad SMARTS) is 1. The molecule has 7 heteroatoms. The first kappa shape index (κ1) is 14.4. The van der Waals surface area contributed by atoms with Gasteiger partial charge in [-0.15, -0.1) is 0 Å². The Balaban J connectivity index is 2.60. The number of hydrogen-bond acceptors (Lipinski definition) is 3. The van der Waals surface area contributed by atoms with Gasteiger partial charge in [-0.2, -0.15) is 4.39 Å². The van der Waals surface area contributed by atoms with E-state index in [1.165, 1.54) is 0 Å². The molecule has 0 radical (unpaired) electrons. The topological polar surface area (TPSA) is 80.4 Å². The molecule has 0 aromatic heterocycles. The first-order chi connectivity index (χ1) is 9.38. The Morgan fingerprint density at radius 2 is 1.85 bits per heavy atom. The molecule has 1 aromatic rings. The van der Waals surface area contributed by atoms with E-state index in [1.807, 2.05) is 0 Å². The SMILES string of the molecule is O=C(O)C1(c2cc(F)c(F)c([N+](=O)[O-])c2)CCCCC1. The Labute approximate surface area is 113 Å². The van der Waals surface area contributed by atoms with Gasteiger partial charge in [-0.05, 0) is 24.5 Å². The summed E-state index contributed by atoms with van der Waals surface area (Å²) in [6, 6.07) is 1.61. The second-order valence-electron chi connectivity index (χ2n) is 5.00. The molecule has 108 valence electrons. The predicted octanol–water partition coefficient (Wildman–Crippen LogP) is 3.16. The van der Waals surface area contributed by atoms with Crippen molar-refractivity contribution in [3.8, 4) is 0 Å². The van der Waals surface area contributed by atoms with Gasteiger partial charge in [0.1, 0.15) is 0 Å². The van der Waals surface area contributed by atoms with Crippen LogP contribution in [0, 0.1) is 21.7 Å². The Morgan fingerprint density at radius 3 is 2.35 bits per heavy atom. The van der Waals surface area contributed by atoms with Crippen LogP contribution in [0.15, 0.2) is 12.1 Å². The number of aliphatic carboxylic acids is 1. The van der Waals surface area contributed by atoms with E-state index in [4.69, 9.17) is 0 Å². The molecule has 0 atom stereocenters. The molecule has 0 saturated heterocycles. The van der Waals surface area contributed by atoms with Crippen LogP contribution in [0.1, 0.15) is 37.7 Å². The molecular formula is C13H13F2NO4. The van der Waals surface area contributed by atoms with Gasteiger partial charge in [-0.1, -0.05) is 19.3 Å². The summed E-state index contributed by atoms with van der Waals surface area (Å²) in [7, 11) is 0. The van der Waals surface area contributed by atoms with Crippen LogP contribution < -0.4 is 0 Å². The van der Waals surface area contributed by atoms with Crippen molar-refractivity contribution in [1.82, 2.24) is 0 Å². The molecule has 0 spiro atoms. The van der Waals surface area contributed by atoms with Gasteiger partial charge in [0, 0.05) is 6.07 Å². The quantitative estimate of drug-likeness (QED) is 0.683. The zero-order chi connectivity index (χ0) is 14.9. The lowest BCUT2D eigenvalue weighted by Gasteiger charge is -2.33. The number of nitro benzene ring substituents is 1. The van der Waals surface area contributed by atoms with E-state index in [1.54, 1.807) is 0 Å². The lowest BCUT2D eigenvalue weighted by molar-refractivity contribution is -0.387. The van der Waals surface area contributed by atoms with Crippen LogP contribution in [0.3, 0.4) is 0 Å². The molecule has 5 nitrogen and oxygen atoms in total. The van der Waals surface area contributed by atoms with Crippen LogP contribution in [0.5, 0.6) is 0 Å². The number of rotatable bonds is 3. The van der Waals surface area contributed by atoms with Crippen molar-refractivity contribution in [2.75, 3.05) is 0 Å². The van der Waals surface area contributed by atoms with Gasteiger partial charge in [0.05, 0.1) is 10.3 Å². The van der Waals surface area contributed by atoms with Crippen LogP contribution in [0.2, 0.25) is 0 Å². The molecule has 1 N–H and O–H groups in total. The van der Waals surface area contributed by atoms with Gasteiger partial charge in [0.15, 0.2) is 5.82 Å². The molecule has 0 heterocycles. The highest BCUT2D eigenvalue weighted by molar-refractivity contribution is 5.81. The number of carbonyl (C=O) groups is 1. The summed E-state index contributed by atoms with van der Waals surface area (Å²) in [5, 5.41) is 20.2. The highest BCUT2D eigenvalue weighted by Crippen LogP contribution is 2.41. The van der Waals surface area contributed by atoms with Crippen molar-refractivity contribution in [3.05, 3.63) is 39.4 Å². The third-order valence-electron chi connectivity index (χ3n) is 3.87. The Hall–Kier alpha value is -2.05. The molecule has 2 rings (SSSR count). The maximum atomic E-state index is 13.5. The van der Waals surface area contributed by atoms with Crippen LogP contribution >= 0.6 is 0 Å². The number of hydrogen-bond donors (Lipinski definition) is 1. The third kappa shape index (κ3) is 2.23. The fourth-order valence-corrected chi connectivity index (χ4v) is 2.77. The van der Waals surface area contributed by atoms with E-state index in [0.29, 0.717) is 12.8 Å². The van der Waals surface area contributed by atoms with E-state index in [9.17, 15) is 28.8 Å². The van der Waals surface area contributed by atoms with Crippen LogP contribution in [0.4, 0.5) is 14.5 Å². The molecule has 1 aliphatic rings. The fourth-order valence-electron chi connectivity index (χ4n) is 2.77. The van der Waals surface area contributed by atoms with Gasteiger partial charge in [-0.25, -0.2) is 4.39 Å². The molecule has 1 aromatic carbocycles. The van der Waals surface area contributed by atoms with E-state index in [0.717, 1.165) is 18.6 Å². The average Bonchev–Trinajstić information content (AvgIpc) is 2.41. The Kier molecular flexibility index (Phi) is 3.69. The van der Waals surface area contributed by atoms with Gasteiger partial charge in [0.25, 0.3) is 0 Å². The highest BCUT2D eigenvalue weighted by Gasteiger charge is 2.43. The fraction of sp³-hybridized carbons (Fsp3) is 0.462. The van der Waals surface area contributed by atoms with E-state index >= 15 is 0 Å². The Morgan fingerprint density at radius 1 is 1.25 bits per heavy atom. The Bertz CT molecular complexity index is 568. The minimum atomic E-state index is -1.56. The molecule has 1 aliphatic carbocycles. The van der Waals surface area contributed by atoms with Crippen molar-refractivity contribution in [1.29, 1.82) is 0 Å². The molecular weight excluding hydrogens is 272 g/mol. The molecule has 1 saturated carbocycles. The van der Waals surface area contributed by atoms with Gasteiger partial charge in [-0.3, -0.25) is 14.9 Å². The lowest BCUT2D eigenvalue weighted by atomic mass is 9.69. The maximum absolute atomic E-state index is 13.5. The third-order valence-corrected chi connectivity index (χ3v) is 3.87. The minimum absolute atomic E-state index is 0.0321. The summed E-state index contributed by atoms with van der Waals surface area (Å²) in [5.41, 5.74) is -2.42. The first-order valence-corrected chi connectivity index (χ1v) is 6.26. The van der Waals surface area contributed by atoms with Crippen molar-refractivity contribution in [3.63, 3.8) is 0 Å². The van der Waals surface area contributed by atoms with E-state index in [2.05, 4.69) is 0 Å².